The van der Waals surface area contributed by atoms with Crippen molar-refractivity contribution in [1.82, 2.24) is 0 Å². The lowest BCUT2D eigenvalue weighted by molar-refractivity contribution is -0.113. The summed E-state index contributed by atoms with van der Waals surface area (Å²) in [6.07, 6.45) is 0. The lowest BCUT2D eigenvalue weighted by Crippen LogP contribution is -1.92. The molecule has 2 heteroatoms. The van der Waals surface area contributed by atoms with Crippen LogP contribution >= 0.6 is 11.8 Å². The fraction of sp³-hybridized carbons (Fsp3) is 0.375. The third-order valence-electron chi connectivity index (χ3n) is 0.975. The highest BCUT2D eigenvalue weighted by molar-refractivity contribution is 8.06. The van der Waals surface area contributed by atoms with Gasteiger partial charge in [-0.25, -0.2) is 0 Å². The van der Waals surface area contributed by atoms with Gasteiger partial charge in [0.2, 0.25) is 0 Å². The molecule has 0 aliphatic heterocycles. The zero-order valence-corrected chi connectivity index (χ0v) is 7.42. The van der Waals surface area contributed by atoms with Crippen molar-refractivity contribution < 1.29 is 4.79 Å². The average molecular weight is 156 g/mol. The van der Waals surface area contributed by atoms with Gasteiger partial charge in [0.25, 0.3) is 0 Å². The maximum absolute atomic E-state index is 10.8. The second-order valence-electron chi connectivity index (χ2n) is 2.17. The van der Waals surface area contributed by atoms with Crippen LogP contribution in [-0.2, 0) is 4.79 Å². The Morgan fingerprint density at radius 1 is 1.40 bits per heavy atom. The molecule has 0 atom stereocenters. The van der Waals surface area contributed by atoms with E-state index in [1.807, 2.05) is 13.8 Å². The Balaban J connectivity index is 4.42. The van der Waals surface area contributed by atoms with Gasteiger partial charge in [0.1, 0.15) is 0 Å². The smallest absolute Gasteiger partial charge is 0.166 e. The number of ketones is 1. The normalized spacial score (nSPS) is 8.70. The van der Waals surface area contributed by atoms with E-state index in [-0.39, 0.29) is 5.78 Å². The van der Waals surface area contributed by atoms with Gasteiger partial charge in [-0.05, 0) is 26.2 Å². The summed E-state index contributed by atoms with van der Waals surface area (Å²) in [7, 11) is 0. The van der Waals surface area contributed by atoms with Crippen molar-refractivity contribution in [1.29, 1.82) is 0 Å². The molecule has 0 aliphatic rings. The first-order chi connectivity index (χ1) is 4.59. The first kappa shape index (κ1) is 9.50. The monoisotopic (exact) mass is 156 g/mol. The van der Waals surface area contributed by atoms with Gasteiger partial charge < -0.3 is 0 Å². The maximum atomic E-state index is 10.8. The van der Waals surface area contributed by atoms with E-state index in [1.165, 1.54) is 11.8 Å². The van der Waals surface area contributed by atoms with Gasteiger partial charge in [-0.1, -0.05) is 23.9 Å². The van der Waals surface area contributed by atoms with Gasteiger partial charge in [-0.15, -0.1) is 0 Å². The first-order valence-corrected chi connectivity index (χ1v) is 3.93. The van der Waals surface area contributed by atoms with Crippen LogP contribution in [0.3, 0.4) is 0 Å². The van der Waals surface area contributed by atoms with Crippen molar-refractivity contribution in [3.8, 4) is 0 Å². The van der Waals surface area contributed by atoms with E-state index >= 15 is 0 Å². The first-order valence-electron chi connectivity index (χ1n) is 3.05. The molecule has 0 unspecified atom stereocenters. The molecule has 0 rings (SSSR count). The SMILES string of the molecule is C=CSC(C(C)=O)=C(C)C. The highest BCUT2D eigenvalue weighted by Crippen LogP contribution is 2.20. The molecule has 0 spiro atoms. The van der Waals surface area contributed by atoms with Crippen molar-refractivity contribution in [2.75, 3.05) is 0 Å². The Morgan fingerprint density at radius 3 is 2.00 bits per heavy atom. The fourth-order valence-corrected chi connectivity index (χ4v) is 1.20. The van der Waals surface area contributed by atoms with E-state index in [1.54, 1.807) is 12.3 Å². The van der Waals surface area contributed by atoms with Gasteiger partial charge in [0.05, 0.1) is 4.91 Å². The largest absolute Gasteiger partial charge is 0.294 e. The lowest BCUT2D eigenvalue weighted by atomic mass is 10.3. The van der Waals surface area contributed by atoms with Crippen molar-refractivity contribution in [2.45, 2.75) is 20.8 Å². The molecule has 0 aromatic carbocycles. The van der Waals surface area contributed by atoms with Crippen LogP contribution in [0, 0.1) is 0 Å². The van der Waals surface area contributed by atoms with Crippen molar-refractivity contribution >= 4 is 17.5 Å². The Labute approximate surface area is 66.2 Å². The molecule has 0 saturated heterocycles. The minimum atomic E-state index is 0.116. The van der Waals surface area contributed by atoms with E-state index in [2.05, 4.69) is 6.58 Å². The van der Waals surface area contributed by atoms with Crippen molar-refractivity contribution in [2.24, 2.45) is 0 Å². The van der Waals surface area contributed by atoms with Crippen LogP contribution in [0.1, 0.15) is 20.8 Å². The van der Waals surface area contributed by atoms with Gasteiger partial charge in [-0.2, -0.15) is 0 Å². The van der Waals surface area contributed by atoms with E-state index < -0.39 is 0 Å². The molecule has 10 heavy (non-hydrogen) atoms. The molecule has 0 aromatic heterocycles. The van der Waals surface area contributed by atoms with Gasteiger partial charge in [0.15, 0.2) is 5.78 Å². The Morgan fingerprint density at radius 2 is 1.90 bits per heavy atom. The molecular weight excluding hydrogens is 144 g/mol. The molecule has 0 fully saturated rings. The number of rotatable bonds is 3. The summed E-state index contributed by atoms with van der Waals surface area (Å²) < 4.78 is 0. The molecule has 0 aromatic rings. The zero-order chi connectivity index (χ0) is 8.15. The number of thioether (sulfide) groups is 1. The Hall–Kier alpha value is -0.500. The molecular formula is C8H12OS. The number of Topliss-reactive ketones (excluding diaryl/α,β-unsaturated/α-hetero) is 1. The third kappa shape index (κ3) is 2.87. The maximum Gasteiger partial charge on any atom is 0.166 e. The summed E-state index contributed by atoms with van der Waals surface area (Å²) >= 11 is 1.39. The van der Waals surface area contributed by atoms with Crippen molar-refractivity contribution in [3.05, 3.63) is 22.5 Å². The van der Waals surface area contributed by atoms with Gasteiger partial charge in [-0.3, -0.25) is 4.79 Å². The standard InChI is InChI=1S/C8H12OS/c1-5-10-8(6(2)3)7(4)9/h5H,1H2,2-4H3. The summed E-state index contributed by atoms with van der Waals surface area (Å²) in [5.41, 5.74) is 1.05. The minimum Gasteiger partial charge on any atom is -0.294 e. The summed E-state index contributed by atoms with van der Waals surface area (Å²) in [6, 6.07) is 0. The van der Waals surface area contributed by atoms with Crippen LogP contribution in [-0.4, -0.2) is 5.78 Å². The van der Waals surface area contributed by atoms with Crippen LogP contribution in [0.15, 0.2) is 22.5 Å². The molecule has 1 nitrogen and oxygen atoms in total. The highest BCUT2D eigenvalue weighted by Gasteiger charge is 2.02. The number of carbonyl (C=O) groups is 1. The molecule has 0 radical (unpaired) electrons. The number of allylic oxidation sites excluding steroid dienone is 2. The Bertz CT molecular complexity index is 176. The van der Waals surface area contributed by atoms with Gasteiger partial charge >= 0.3 is 0 Å². The van der Waals surface area contributed by atoms with E-state index in [0.717, 1.165) is 10.5 Å². The van der Waals surface area contributed by atoms with Crippen LogP contribution in [0.25, 0.3) is 0 Å². The molecule has 0 amide bonds. The predicted molar refractivity (Wildman–Crippen MR) is 46.8 cm³/mol. The van der Waals surface area contributed by atoms with E-state index in [0.29, 0.717) is 0 Å². The third-order valence-corrected chi connectivity index (χ3v) is 2.07. The molecule has 56 valence electrons. The zero-order valence-electron chi connectivity index (χ0n) is 6.60. The second-order valence-corrected chi connectivity index (χ2v) is 3.15. The minimum absolute atomic E-state index is 0.116. The topological polar surface area (TPSA) is 17.1 Å². The molecule has 0 bridgehead atoms. The van der Waals surface area contributed by atoms with Crippen LogP contribution in [0.2, 0.25) is 0 Å². The number of hydrogen-bond donors (Lipinski definition) is 0. The van der Waals surface area contributed by atoms with E-state index in [4.69, 9.17) is 0 Å². The molecule has 0 saturated carbocycles. The lowest BCUT2D eigenvalue weighted by Gasteiger charge is -1.99. The predicted octanol–water partition coefficient (Wildman–Crippen LogP) is 2.75. The summed E-state index contributed by atoms with van der Waals surface area (Å²) in [5.74, 6) is 0.116. The summed E-state index contributed by atoms with van der Waals surface area (Å²) in [6.45, 7) is 8.96. The average Bonchev–Trinajstić information content (AvgIpc) is 1.81. The fourth-order valence-electron chi connectivity index (χ4n) is 0.636. The van der Waals surface area contributed by atoms with Crippen LogP contribution in [0.4, 0.5) is 0 Å². The summed E-state index contributed by atoms with van der Waals surface area (Å²) in [5, 5.41) is 1.67. The van der Waals surface area contributed by atoms with Gasteiger partial charge in [0, 0.05) is 0 Å². The second kappa shape index (κ2) is 4.34. The molecule has 0 aliphatic carbocycles. The Kier molecular flexibility index (Phi) is 4.12. The summed E-state index contributed by atoms with van der Waals surface area (Å²) in [4.78, 5) is 11.6. The van der Waals surface area contributed by atoms with E-state index in [9.17, 15) is 4.79 Å². The van der Waals surface area contributed by atoms with Crippen LogP contribution < -0.4 is 0 Å². The number of hydrogen-bond acceptors (Lipinski definition) is 2. The quantitative estimate of drug-likeness (QED) is 0.584. The van der Waals surface area contributed by atoms with Crippen LogP contribution in [0.5, 0.6) is 0 Å². The molecule has 0 heterocycles. The highest BCUT2D eigenvalue weighted by atomic mass is 32.2. The number of carbonyl (C=O) groups excluding carboxylic acids is 1. The van der Waals surface area contributed by atoms with Crippen molar-refractivity contribution in [3.63, 3.8) is 0 Å². The molecule has 0 N–H and O–H groups in total.